The molecule has 2 aromatic carbocycles. The van der Waals surface area contributed by atoms with Crippen molar-refractivity contribution in [2.45, 2.75) is 45.8 Å². The van der Waals surface area contributed by atoms with Gasteiger partial charge in [0.15, 0.2) is 0 Å². The summed E-state index contributed by atoms with van der Waals surface area (Å²) in [7, 11) is 1.35. The number of aromatic nitrogens is 2. The number of methoxy groups -OCH3 is 1. The quantitative estimate of drug-likeness (QED) is 0.440. The van der Waals surface area contributed by atoms with Gasteiger partial charge in [-0.3, -0.25) is 0 Å². The van der Waals surface area contributed by atoms with E-state index in [1.165, 1.54) is 7.11 Å². The summed E-state index contributed by atoms with van der Waals surface area (Å²) in [6.07, 6.45) is 5.79. The van der Waals surface area contributed by atoms with Gasteiger partial charge in [-0.1, -0.05) is 55.5 Å². The predicted octanol–water partition coefficient (Wildman–Crippen LogP) is 4.85. The maximum Gasteiger partial charge on any atom is 0.336 e. The standard InChI is InChI=1S/C31H33N3O5/c1-19-17-23-11-8-12-24(29(23)39-28(19)22-9-6-5-7-10-22)27-25(30(35)37-4)20(2)33-21(3)26(27)31(36)38-16-15-34-14-13-32-18-34/h5-14,18-19,27-28,33H,15-17H2,1-4H3. The van der Waals surface area contributed by atoms with E-state index in [-0.39, 0.29) is 18.6 Å². The van der Waals surface area contributed by atoms with Crippen LogP contribution in [0.2, 0.25) is 0 Å². The summed E-state index contributed by atoms with van der Waals surface area (Å²) in [6, 6.07) is 16.1. The molecule has 0 saturated carbocycles. The van der Waals surface area contributed by atoms with Crippen molar-refractivity contribution in [2.75, 3.05) is 13.7 Å². The topological polar surface area (TPSA) is 91.7 Å². The van der Waals surface area contributed by atoms with Crippen molar-refractivity contribution in [3.63, 3.8) is 0 Å². The first kappa shape index (κ1) is 26.3. The Morgan fingerprint density at radius 1 is 1.05 bits per heavy atom. The Morgan fingerprint density at radius 3 is 2.49 bits per heavy atom. The van der Waals surface area contributed by atoms with Gasteiger partial charge in [-0.15, -0.1) is 0 Å². The second-order valence-corrected chi connectivity index (χ2v) is 10.0. The molecule has 8 nitrogen and oxygen atoms in total. The van der Waals surface area contributed by atoms with Crippen molar-refractivity contribution in [3.8, 4) is 5.75 Å². The average Bonchev–Trinajstić information content (AvgIpc) is 3.45. The molecule has 0 saturated heterocycles. The summed E-state index contributed by atoms with van der Waals surface area (Å²) in [5, 5.41) is 3.20. The molecule has 3 aromatic rings. The third-order valence-corrected chi connectivity index (χ3v) is 7.40. The van der Waals surface area contributed by atoms with Gasteiger partial charge in [-0.25, -0.2) is 14.6 Å². The highest BCUT2D eigenvalue weighted by atomic mass is 16.5. The van der Waals surface area contributed by atoms with Gasteiger partial charge in [-0.2, -0.15) is 0 Å². The van der Waals surface area contributed by atoms with Crippen LogP contribution in [-0.2, 0) is 32.0 Å². The van der Waals surface area contributed by atoms with Crippen LogP contribution in [0.4, 0.5) is 0 Å². The Kier molecular flexibility index (Phi) is 7.54. The zero-order valence-corrected chi connectivity index (χ0v) is 22.6. The first-order valence-electron chi connectivity index (χ1n) is 13.1. The summed E-state index contributed by atoms with van der Waals surface area (Å²) in [4.78, 5) is 30.8. The fourth-order valence-corrected chi connectivity index (χ4v) is 5.57. The molecule has 3 heterocycles. The summed E-state index contributed by atoms with van der Waals surface area (Å²) >= 11 is 0. The molecule has 0 aliphatic carbocycles. The van der Waals surface area contributed by atoms with Crippen LogP contribution in [0, 0.1) is 5.92 Å². The van der Waals surface area contributed by atoms with Gasteiger partial charge >= 0.3 is 11.9 Å². The lowest BCUT2D eigenvalue weighted by Crippen LogP contribution is -2.33. The molecule has 202 valence electrons. The SMILES string of the molecule is COC(=O)C1=C(C)NC(C)=C(C(=O)OCCn2ccnc2)C1c1cccc2c1OC(c1ccccc1)C(C)C2. The number of allylic oxidation sites excluding steroid dienone is 2. The van der Waals surface area contributed by atoms with E-state index in [0.29, 0.717) is 34.8 Å². The molecule has 39 heavy (non-hydrogen) atoms. The molecule has 0 spiro atoms. The van der Waals surface area contributed by atoms with E-state index < -0.39 is 17.9 Å². The third-order valence-electron chi connectivity index (χ3n) is 7.40. The molecule has 2 aliphatic heterocycles. The molecule has 1 aromatic heterocycles. The van der Waals surface area contributed by atoms with E-state index in [2.05, 4.69) is 29.4 Å². The number of ether oxygens (including phenoxy) is 3. The van der Waals surface area contributed by atoms with Crippen molar-refractivity contribution < 1.29 is 23.8 Å². The molecule has 0 bridgehead atoms. The number of rotatable bonds is 7. The van der Waals surface area contributed by atoms with Crippen LogP contribution in [0.15, 0.2) is 89.8 Å². The van der Waals surface area contributed by atoms with Crippen molar-refractivity contribution >= 4 is 11.9 Å². The molecular formula is C31H33N3O5. The van der Waals surface area contributed by atoms with Gasteiger partial charge in [0.25, 0.3) is 0 Å². The number of nitrogens with one attached hydrogen (secondary N) is 1. The number of imidazole rings is 1. The van der Waals surface area contributed by atoms with E-state index in [9.17, 15) is 9.59 Å². The number of carbonyl (C=O) groups is 2. The molecule has 3 unspecified atom stereocenters. The van der Waals surface area contributed by atoms with Crippen LogP contribution < -0.4 is 10.1 Å². The van der Waals surface area contributed by atoms with E-state index in [0.717, 1.165) is 23.1 Å². The number of fused-ring (bicyclic) bond motifs is 1. The largest absolute Gasteiger partial charge is 0.485 e. The molecule has 0 fully saturated rings. The normalized spacial score (nSPS) is 20.6. The lowest BCUT2D eigenvalue weighted by molar-refractivity contribution is -0.139. The Labute approximate surface area is 228 Å². The first-order valence-corrected chi connectivity index (χ1v) is 13.1. The fraction of sp³-hybridized carbons (Fsp3) is 0.323. The maximum absolute atomic E-state index is 13.6. The number of carbonyl (C=O) groups excluding carboxylic acids is 2. The van der Waals surface area contributed by atoms with Crippen LogP contribution in [-0.4, -0.2) is 35.2 Å². The highest BCUT2D eigenvalue weighted by Gasteiger charge is 2.41. The second kappa shape index (κ2) is 11.2. The smallest absolute Gasteiger partial charge is 0.336 e. The number of hydrogen-bond donors (Lipinski definition) is 1. The van der Waals surface area contributed by atoms with Gasteiger partial charge in [0.1, 0.15) is 18.5 Å². The Bertz CT molecular complexity index is 1430. The molecule has 8 heteroatoms. The van der Waals surface area contributed by atoms with Gasteiger partial charge < -0.3 is 24.1 Å². The lowest BCUT2D eigenvalue weighted by atomic mass is 9.78. The molecule has 2 aliphatic rings. The minimum Gasteiger partial charge on any atom is -0.485 e. The highest BCUT2D eigenvalue weighted by molar-refractivity contribution is 6.00. The number of benzene rings is 2. The van der Waals surface area contributed by atoms with Crippen LogP contribution >= 0.6 is 0 Å². The third kappa shape index (κ3) is 5.19. The minimum absolute atomic E-state index is 0.159. The van der Waals surface area contributed by atoms with E-state index in [1.807, 2.05) is 61.0 Å². The molecule has 0 amide bonds. The van der Waals surface area contributed by atoms with Crippen LogP contribution in [0.25, 0.3) is 0 Å². The molecular weight excluding hydrogens is 494 g/mol. The summed E-state index contributed by atoms with van der Waals surface area (Å²) < 4.78 is 19.5. The second-order valence-electron chi connectivity index (χ2n) is 10.0. The molecule has 5 rings (SSSR count). The monoisotopic (exact) mass is 527 g/mol. The average molecular weight is 528 g/mol. The Morgan fingerprint density at radius 2 is 1.79 bits per heavy atom. The zero-order valence-electron chi connectivity index (χ0n) is 22.6. The van der Waals surface area contributed by atoms with E-state index >= 15 is 0 Å². The zero-order chi connectivity index (χ0) is 27.5. The number of dihydropyridines is 1. The van der Waals surface area contributed by atoms with Crippen molar-refractivity contribution in [1.82, 2.24) is 14.9 Å². The number of para-hydroxylation sites is 1. The fourth-order valence-electron chi connectivity index (χ4n) is 5.57. The summed E-state index contributed by atoms with van der Waals surface area (Å²) in [5.74, 6) is -0.797. The van der Waals surface area contributed by atoms with Crippen molar-refractivity contribution in [2.24, 2.45) is 5.92 Å². The highest BCUT2D eigenvalue weighted by Crippen LogP contribution is 2.48. The Balaban J connectivity index is 1.56. The molecule has 0 radical (unpaired) electrons. The van der Waals surface area contributed by atoms with Crippen molar-refractivity contribution in [1.29, 1.82) is 0 Å². The molecule has 1 N–H and O–H groups in total. The van der Waals surface area contributed by atoms with Crippen LogP contribution in [0.1, 0.15) is 49.5 Å². The van der Waals surface area contributed by atoms with Gasteiger partial charge in [0.2, 0.25) is 0 Å². The van der Waals surface area contributed by atoms with E-state index in [4.69, 9.17) is 14.2 Å². The summed E-state index contributed by atoms with van der Waals surface area (Å²) in [5.41, 5.74) is 4.83. The number of nitrogens with zero attached hydrogens (tertiary/aromatic N) is 2. The van der Waals surface area contributed by atoms with Gasteiger partial charge in [0, 0.05) is 35.3 Å². The van der Waals surface area contributed by atoms with E-state index in [1.54, 1.807) is 12.5 Å². The van der Waals surface area contributed by atoms with Gasteiger partial charge in [-0.05, 0) is 31.4 Å². The van der Waals surface area contributed by atoms with Crippen molar-refractivity contribution in [3.05, 3.63) is 106 Å². The number of esters is 2. The van der Waals surface area contributed by atoms with Crippen LogP contribution in [0.5, 0.6) is 5.75 Å². The maximum atomic E-state index is 13.6. The predicted molar refractivity (Wildman–Crippen MR) is 146 cm³/mol. The minimum atomic E-state index is -0.723. The number of hydrogen-bond acceptors (Lipinski definition) is 7. The lowest BCUT2D eigenvalue weighted by Gasteiger charge is -2.36. The van der Waals surface area contributed by atoms with Gasteiger partial charge in [0.05, 0.1) is 37.0 Å². The molecule has 3 atom stereocenters. The van der Waals surface area contributed by atoms with Crippen LogP contribution in [0.3, 0.4) is 0 Å². The Hall–Kier alpha value is -4.33. The first-order chi connectivity index (χ1) is 18.9. The summed E-state index contributed by atoms with van der Waals surface area (Å²) in [6.45, 7) is 6.44.